The highest BCUT2D eigenvalue weighted by atomic mass is 79.9. The van der Waals surface area contributed by atoms with Crippen LogP contribution in [-0.4, -0.2) is 48.1 Å². The number of anilines is 1. The van der Waals surface area contributed by atoms with E-state index < -0.39 is 11.0 Å². The third kappa shape index (κ3) is 4.42. The number of nitro benzene ring substituents is 1. The number of hydrogen-bond acceptors (Lipinski definition) is 5. The number of nitrogens with zero attached hydrogens (tertiary/aromatic N) is 2. The highest BCUT2D eigenvalue weighted by Gasteiger charge is 2.30. The number of hydrogen-bond donors (Lipinski definition) is 1. The van der Waals surface area contributed by atoms with Crippen molar-refractivity contribution in [2.45, 2.75) is 19.9 Å². The van der Waals surface area contributed by atoms with Gasteiger partial charge in [-0.3, -0.25) is 14.9 Å². The van der Waals surface area contributed by atoms with Crippen LogP contribution in [0.5, 0.6) is 0 Å². The summed E-state index contributed by atoms with van der Waals surface area (Å²) in [4.78, 5) is 25.2. The molecule has 0 saturated carbocycles. The Morgan fingerprint density at radius 3 is 2.61 bits per heavy atom. The van der Waals surface area contributed by atoms with Gasteiger partial charge in [0, 0.05) is 23.6 Å². The lowest BCUT2D eigenvalue weighted by atomic mass is 10.0. The molecule has 1 aromatic carbocycles. The van der Waals surface area contributed by atoms with Gasteiger partial charge in [-0.1, -0.05) is 29.8 Å². The molecule has 1 saturated heterocycles. The summed E-state index contributed by atoms with van der Waals surface area (Å²) >= 11 is 3.23. The van der Waals surface area contributed by atoms with Gasteiger partial charge in [-0.15, -0.1) is 0 Å². The van der Waals surface area contributed by atoms with E-state index in [0.717, 1.165) is 0 Å². The fourth-order valence-electron chi connectivity index (χ4n) is 2.44. The minimum atomic E-state index is -0.520. The molecule has 1 unspecified atom stereocenters. The number of benzene rings is 1. The van der Waals surface area contributed by atoms with Crippen LogP contribution in [0.3, 0.4) is 0 Å². The van der Waals surface area contributed by atoms with E-state index >= 15 is 0 Å². The second-order valence-corrected chi connectivity index (χ2v) is 6.64. The fraction of sp³-hybridized carbons (Fsp3) is 0.533. The van der Waals surface area contributed by atoms with Crippen molar-refractivity contribution in [2.24, 2.45) is 5.92 Å². The molecule has 7 nitrogen and oxygen atoms in total. The molecule has 0 spiro atoms. The Morgan fingerprint density at radius 1 is 1.39 bits per heavy atom. The molecule has 0 bridgehead atoms. The van der Waals surface area contributed by atoms with Gasteiger partial charge in [0.1, 0.15) is 11.7 Å². The molecule has 1 amide bonds. The zero-order valence-corrected chi connectivity index (χ0v) is 14.7. The van der Waals surface area contributed by atoms with Crippen LogP contribution >= 0.6 is 15.9 Å². The number of nitrogens with one attached hydrogen (secondary N) is 1. The second kappa shape index (κ2) is 7.74. The van der Waals surface area contributed by atoms with Crippen LogP contribution in [0.2, 0.25) is 0 Å². The molecule has 2 rings (SSSR count). The Hall–Kier alpha value is -1.67. The van der Waals surface area contributed by atoms with Gasteiger partial charge in [0.25, 0.3) is 5.69 Å². The molecule has 1 fully saturated rings. The maximum atomic E-state index is 12.7. The predicted molar refractivity (Wildman–Crippen MR) is 90.4 cm³/mol. The first kappa shape index (κ1) is 17.7. The molecule has 23 heavy (non-hydrogen) atoms. The highest BCUT2D eigenvalue weighted by Crippen LogP contribution is 2.29. The van der Waals surface area contributed by atoms with E-state index in [1.165, 1.54) is 6.07 Å². The van der Waals surface area contributed by atoms with Crippen molar-refractivity contribution in [2.75, 3.05) is 31.6 Å². The van der Waals surface area contributed by atoms with Crippen molar-refractivity contribution >= 4 is 33.2 Å². The first-order chi connectivity index (χ1) is 10.9. The largest absolute Gasteiger partial charge is 0.378 e. The Balaban J connectivity index is 2.22. The molecule has 0 aromatic heterocycles. The third-order valence-electron chi connectivity index (χ3n) is 3.72. The van der Waals surface area contributed by atoms with Gasteiger partial charge in [-0.05, 0) is 18.1 Å². The topological polar surface area (TPSA) is 84.7 Å². The summed E-state index contributed by atoms with van der Waals surface area (Å²) in [5.74, 6) is -0.0610. The molecule has 1 N–H and O–H groups in total. The Morgan fingerprint density at radius 2 is 2.04 bits per heavy atom. The molecule has 8 heteroatoms. The van der Waals surface area contributed by atoms with Crippen LogP contribution in [-0.2, 0) is 9.53 Å². The zero-order valence-electron chi connectivity index (χ0n) is 13.1. The molecular formula is C15H20BrN3O4. The minimum absolute atomic E-state index is 0.00593. The monoisotopic (exact) mass is 385 g/mol. The van der Waals surface area contributed by atoms with Gasteiger partial charge in [-0.2, -0.15) is 0 Å². The van der Waals surface area contributed by atoms with Gasteiger partial charge in [-0.25, -0.2) is 0 Å². The average Bonchev–Trinajstić information content (AvgIpc) is 2.53. The van der Waals surface area contributed by atoms with Gasteiger partial charge in [0.15, 0.2) is 0 Å². The van der Waals surface area contributed by atoms with E-state index in [1.807, 2.05) is 13.8 Å². The van der Waals surface area contributed by atoms with Crippen LogP contribution in [0.4, 0.5) is 11.4 Å². The number of ether oxygens (including phenoxy) is 1. The van der Waals surface area contributed by atoms with Crippen molar-refractivity contribution in [3.8, 4) is 0 Å². The van der Waals surface area contributed by atoms with Crippen LogP contribution < -0.4 is 5.32 Å². The van der Waals surface area contributed by atoms with Crippen LogP contribution in [0.25, 0.3) is 0 Å². The molecule has 1 aromatic rings. The number of rotatable bonds is 5. The smallest absolute Gasteiger partial charge is 0.293 e. The summed E-state index contributed by atoms with van der Waals surface area (Å²) in [6.07, 6.45) is 0. The molecule has 1 aliphatic heterocycles. The summed E-state index contributed by atoms with van der Waals surface area (Å²) in [6, 6.07) is 4.24. The van der Waals surface area contributed by atoms with E-state index in [2.05, 4.69) is 21.2 Å². The lowest BCUT2D eigenvalue weighted by Gasteiger charge is -2.32. The summed E-state index contributed by atoms with van der Waals surface area (Å²) in [5.41, 5.74) is 0.290. The Bertz CT molecular complexity index is 588. The summed E-state index contributed by atoms with van der Waals surface area (Å²) < 4.78 is 5.88. The highest BCUT2D eigenvalue weighted by molar-refractivity contribution is 9.10. The van der Waals surface area contributed by atoms with Crippen molar-refractivity contribution < 1.29 is 14.5 Å². The Labute approximate surface area is 143 Å². The van der Waals surface area contributed by atoms with Crippen LogP contribution in [0.1, 0.15) is 13.8 Å². The van der Waals surface area contributed by atoms with Gasteiger partial charge >= 0.3 is 0 Å². The fourth-order valence-corrected chi connectivity index (χ4v) is 2.79. The first-order valence-corrected chi connectivity index (χ1v) is 8.26. The number of amides is 1. The zero-order chi connectivity index (χ0) is 17.0. The van der Waals surface area contributed by atoms with Gasteiger partial charge in [0.05, 0.1) is 18.1 Å². The van der Waals surface area contributed by atoms with E-state index in [4.69, 9.17) is 4.74 Å². The quantitative estimate of drug-likeness (QED) is 0.621. The molecule has 126 valence electrons. The van der Waals surface area contributed by atoms with Crippen molar-refractivity contribution in [3.05, 3.63) is 32.8 Å². The normalized spacial score (nSPS) is 16.3. The molecular weight excluding hydrogens is 366 g/mol. The van der Waals surface area contributed by atoms with Crippen molar-refractivity contribution in [3.63, 3.8) is 0 Å². The maximum absolute atomic E-state index is 12.7. The second-order valence-electron chi connectivity index (χ2n) is 5.72. The molecule has 1 heterocycles. The number of carbonyl (C=O) groups is 1. The van der Waals surface area contributed by atoms with Crippen LogP contribution in [0, 0.1) is 16.0 Å². The Kier molecular flexibility index (Phi) is 5.95. The lowest BCUT2D eigenvalue weighted by molar-refractivity contribution is -0.384. The molecule has 1 atom stereocenters. The first-order valence-electron chi connectivity index (χ1n) is 7.47. The molecule has 0 radical (unpaired) electrons. The third-order valence-corrected chi connectivity index (χ3v) is 4.22. The summed E-state index contributed by atoms with van der Waals surface area (Å²) in [6.45, 7) is 5.98. The van der Waals surface area contributed by atoms with Crippen molar-refractivity contribution in [1.82, 2.24) is 4.90 Å². The van der Waals surface area contributed by atoms with Gasteiger partial charge < -0.3 is 15.0 Å². The van der Waals surface area contributed by atoms with Crippen LogP contribution in [0.15, 0.2) is 22.7 Å². The number of nitro groups is 1. The molecule has 1 aliphatic rings. The number of halogens is 1. The average molecular weight is 386 g/mol. The van der Waals surface area contributed by atoms with E-state index in [-0.39, 0.29) is 17.5 Å². The van der Waals surface area contributed by atoms with Crippen molar-refractivity contribution in [1.29, 1.82) is 0 Å². The minimum Gasteiger partial charge on any atom is -0.378 e. The van der Waals surface area contributed by atoms with E-state index in [9.17, 15) is 14.9 Å². The number of carbonyl (C=O) groups excluding carboxylic acids is 1. The maximum Gasteiger partial charge on any atom is 0.293 e. The SMILES string of the molecule is CC(C)C(Nc1ccc(Br)cc1[N+](=O)[O-])C(=O)N1CCOCC1. The van der Waals surface area contributed by atoms with E-state index in [1.54, 1.807) is 17.0 Å². The summed E-state index contributed by atoms with van der Waals surface area (Å²) in [5, 5.41) is 14.3. The predicted octanol–water partition coefficient (Wildman–Crippen LogP) is 2.65. The van der Waals surface area contributed by atoms with E-state index in [0.29, 0.717) is 36.5 Å². The molecule has 0 aliphatic carbocycles. The standard InChI is InChI=1S/C15H20BrN3O4/c1-10(2)14(15(20)18-5-7-23-8-6-18)17-12-4-3-11(16)9-13(12)19(21)22/h3-4,9-10,14,17H,5-8H2,1-2H3. The number of morpholine rings is 1. The summed E-state index contributed by atoms with van der Waals surface area (Å²) in [7, 11) is 0. The van der Waals surface area contributed by atoms with Gasteiger partial charge in [0.2, 0.25) is 5.91 Å². The lowest BCUT2D eigenvalue weighted by Crippen LogP contribution is -2.49.